The molecule has 0 radical (unpaired) electrons. The van der Waals surface area contributed by atoms with Crippen molar-refractivity contribution in [3.63, 3.8) is 0 Å². The lowest BCUT2D eigenvalue weighted by atomic mass is 9.98. The Labute approximate surface area is 211 Å². The highest BCUT2D eigenvalue weighted by molar-refractivity contribution is 8.15. The number of amidine groups is 1. The Bertz CT molecular complexity index is 1360. The second kappa shape index (κ2) is 10.0. The average molecular weight is 505 g/mol. The van der Waals surface area contributed by atoms with E-state index in [-0.39, 0.29) is 24.2 Å². The van der Waals surface area contributed by atoms with Crippen LogP contribution in [-0.4, -0.2) is 33.0 Å². The minimum absolute atomic E-state index is 0.0858. The minimum Gasteiger partial charge on any atom is -0.326 e. The molecule has 3 aromatic carbocycles. The number of aryl methyl sites for hydroxylation is 1. The first kappa shape index (κ1) is 23.9. The van der Waals surface area contributed by atoms with Gasteiger partial charge in [-0.15, -0.1) is 0 Å². The fourth-order valence-corrected chi connectivity index (χ4v) is 5.13. The van der Waals surface area contributed by atoms with Gasteiger partial charge in [-0.05, 0) is 54.4 Å². The fourth-order valence-electron chi connectivity index (χ4n) is 4.07. The number of halogens is 2. The molecule has 2 aliphatic heterocycles. The lowest BCUT2D eigenvalue weighted by Gasteiger charge is -2.23. The summed E-state index contributed by atoms with van der Waals surface area (Å²) in [6, 6.07) is 19.4. The zero-order valence-electron chi connectivity index (χ0n) is 19.3. The number of aliphatic imine (C=N–C) groups is 1. The molecule has 6 nitrogen and oxygen atoms in total. The first-order valence-corrected chi connectivity index (χ1v) is 12.3. The first-order valence-electron chi connectivity index (χ1n) is 11.4. The van der Waals surface area contributed by atoms with Crippen LogP contribution in [0.2, 0.25) is 0 Å². The summed E-state index contributed by atoms with van der Waals surface area (Å²) < 4.78 is 26.7. The molecule has 0 unspecified atom stereocenters. The number of rotatable bonds is 5. The number of hydrazone groups is 1. The molecule has 0 aliphatic carbocycles. The lowest BCUT2D eigenvalue weighted by Crippen LogP contribution is -2.25. The van der Waals surface area contributed by atoms with E-state index < -0.39 is 17.0 Å². The van der Waals surface area contributed by atoms with Crippen LogP contribution in [0.1, 0.15) is 35.6 Å². The summed E-state index contributed by atoms with van der Waals surface area (Å²) in [6.45, 7) is 2.01. The van der Waals surface area contributed by atoms with Gasteiger partial charge in [0.15, 0.2) is 5.17 Å². The molecule has 5 rings (SSSR count). The molecule has 3 aromatic rings. The van der Waals surface area contributed by atoms with Gasteiger partial charge in [-0.3, -0.25) is 9.59 Å². The zero-order valence-corrected chi connectivity index (χ0v) is 20.1. The summed E-state index contributed by atoms with van der Waals surface area (Å²) in [5.41, 5.74) is 4.21. The van der Waals surface area contributed by atoms with Crippen LogP contribution in [0, 0.1) is 18.6 Å². The number of amides is 2. The number of nitrogens with zero attached hydrogens (tertiary/aromatic N) is 3. The van der Waals surface area contributed by atoms with E-state index >= 15 is 0 Å². The molecule has 0 aromatic heterocycles. The summed E-state index contributed by atoms with van der Waals surface area (Å²) in [5, 5.41) is 8.86. The van der Waals surface area contributed by atoms with Crippen molar-refractivity contribution in [1.29, 1.82) is 0 Å². The van der Waals surface area contributed by atoms with Gasteiger partial charge in [0.2, 0.25) is 5.91 Å². The van der Waals surface area contributed by atoms with Gasteiger partial charge in [0.05, 0.1) is 11.8 Å². The number of hydrogen-bond donors (Lipinski definition) is 1. The summed E-state index contributed by atoms with van der Waals surface area (Å²) in [6.07, 6.45) is 0.468. The van der Waals surface area contributed by atoms with Gasteiger partial charge in [0, 0.05) is 18.5 Å². The zero-order chi connectivity index (χ0) is 25.2. The van der Waals surface area contributed by atoms with Crippen LogP contribution >= 0.6 is 11.8 Å². The number of carbonyl (C=O) groups excluding carboxylic acids is 2. The normalized spacial score (nSPS) is 19.3. The summed E-state index contributed by atoms with van der Waals surface area (Å²) in [7, 11) is 0. The van der Waals surface area contributed by atoms with Crippen LogP contribution in [0.15, 0.2) is 82.9 Å². The lowest BCUT2D eigenvalue weighted by molar-refractivity contribution is -0.121. The van der Waals surface area contributed by atoms with Crippen molar-refractivity contribution in [2.24, 2.45) is 10.1 Å². The molecular weight excluding hydrogens is 482 g/mol. The minimum atomic E-state index is -0.701. The van der Waals surface area contributed by atoms with E-state index in [0.717, 1.165) is 22.4 Å². The standard InChI is InChI=1S/C27H22F2N4O2S/c1-16-2-4-17(5-3-16)22-14-23(18-6-8-19(28)9-7-18)33(32-22)27-31-26(35)24(36-27)15-25(34)30-21-12-10-20(29)11-13-21/h2-13,23-24H,14-15H2,1H3,(H,30,34)/t23-,24-/m0/s1. The number of nitrogens with one attached hydrogen (secondary N) is 1. The Kier molecular flexibility index (Phi) is 6.65. The highest BCUT2D eigenvalue weighted by Gasteiger charge is 2.39. The molecule has 0 spiro atoms. The Morgan fingerprint density at radius 2 is 1.64 bits per heavy atom. The van der Waals surface area contributed by atoms with Crippen molar-refractivity contribution in [2.75, 3.05) is 5.32 Å². The van der Waals surface area contributed by atoms with Crippen molar-refractivity contribution in [2.45, 2.75) is 31.1 Å². The van der Waals surface area contributed by atoms with E-state index in [1.165, 1.54) is 48.2 Å². The van der Waals surface area contributed by atoms with Gasteiger partial charge in [-0.25, -0.2) is 13.8 Å². The van der Waals surface area contributed by atoms with E-state index in [1.807, 2.05) is 31.2 Å². The van der Waals surface area contributed by atoms with Gasteiger partial charge in [-0.2, -0.15) is 10.1 Å². The molecular formula is C27H22F2N4O2S. The quantitative estimate of drug-likeness (QED) is 0.501. The maximum atomic E-state index is 13.6. The second-order valence-electron chi connectivity index (χ2n) is 8.63. The Morgan fingerprint density at radius 3 is 2.31 bits per heavy atom. The van der Waals surface area contributed by atoms with E-state index in [9.17, 15) is 18.4 Å². The fraction of sp³-hybridized carbons (Fsp3) is 0.185. The predicted molar refractivity (Wildman–Crippen MR) is 137 cm³/mol. The molecule has 9 heteroatoms. The topological polar surface area (TPSA) is 74.1 Å². The first-order chi connectivity index (χ1) is 17.4. The van der Waals surface area contributed by atoms with Crippen molar-refractivity contribution in [3.05, 3.63) is 101 Å². The number of benzene rings is 3. The molecule has 2 aliphatic rings. The van der Waals surface area contributed by atoms with E-state index in [4.69, 9.17) is 5.10 Å². The van der Waals surface area contributed by atoms with E-state index in [0.29, 0.717) is 17.3 Å². The monoisotopic (exact) mass is 504 g/mol. The summed E-state index contributed by atoms with van der Waals surface area (Å²) in [4.78, 5) is 29.4. The van der Waals surface area contributed by atoms with Crippen LogP contribution in [0.4, 0.5) is 14.5 Å². The third-order valence-corrected chi connectivity index (χ3v) is 7.12. The van der Waals surface area contributed by atoms with Crippen LogP contribution in [-0.2, 0) is 9.59 Å². The Morgan fingerprint density at radius 1 is 1.00 bits per heavy atom. The van der Waals surface area contributed by atoms with Gasteiger partial charge < -0.3 is 5.32 Å². The van der Waals surface area contributed by atoms with Crippen LogP contribution in [0.25, 0.3) is 0 Å². The van der Waals surface area contributed by atoms with E-state index in [1.54, 1.807) is 17.1 Å². The molecule has 182 valence electrons. The molecule has 0 saturated heterocycles. The predicted octanol–water partition coefficient (Wildman–Crippen LogP) is 5.45. The van der Waals surface area contributed by atoms with Crippen LogP contribution in [0.5, 0.6) is 0 Å². The number of hydrogen-bond acceptors (Lipinski definition) is 5. The van der Waals surface area contributed by atoms with Gasteiger partial charge in [0.1, 0.15) is 16.9 Å². The average Bonchev–Trinajstić information content (AvgIpc) is 3.45. The summed E-state index contributed by atoms with van der Waals surface area (Å²) in [5.74, 6) is -1.53. The number of anilines is 1. The molecule has 1 N–H and O–H groups in total. The molecule has 2 atom stereocenters. The third-order valence-electron chi connectivity index (χ3n) is 5.97. The molecule has 2 heterocycles. The van der Waals surface area contributed by atoms with E-state index in [2.05, 4.69) is 10.3 Å². The molecule has 0 saturated carbocycles. The van der Waals surface area contributed by atoms with Crippen molar-refractivity contribution >= 4 is 40.1 Å². The SMILES string of the molecule is Cc1ccc(C2=NN(C3=NC(=O)[C@H](CC(=O)Nc4ccc(F)cc4)S3)[C@H](c3ccc(F)cc3)C2)cc1. The Balaban J connectivity index is 1.35. The summed E-state index contributed by atoms with van der Waals surface area (Å²) >= 11 is 1.18. The van der Waals surface area contributed by atoms with Crippen molar-refractivity contribution in [1.82, 2.24) is 5.01 Å². The van der Waals surface area contributed by atoms with Crippen molar-refractivity contribution < 1.29 is 18.4 Å². The second-order valence-corrected chi connectivity index (χ2v) is 9.80. The van der Waals surface area contributed by atoms with Crippen molar-refractivity contribution in [3.8, 4) is 0 Å². The van der Waals surface area contributed by atoms with Gasteiger partial charge in [0.25, 0.3) is 5.91 Å². The maximum absolute atomic E-state index is 13.6. The maximum Gasteiger partial charge on any atom is 0.262 e. The highest BCUT2D eigenvalue weighted by atomic mass is 32.2. The number of carbonyl (C=O) groups is 2. The molecule has 2 amide bonds. The smallest absolute Gasteiger partial charge is 0.262 e. The highest BCUT2D eigenvalue weighted by Crippen LogP contribution is 2.38. The molecule has 36 heavy (non-hydrogen) atoms. The molecule has 0 bridgehead atoms. The largest absolute Gasteiger partial charge is 0.326 e. The van der Waals surface area contributed by atoms with Gasteiger partial charge >= 0.3 is 0 Å². The third kappa shape index (κ3) is 5.21. The Hall–Kier alpha value is -3.85. The van der Waals surface area contributed by atoms with Gasteiger partial charge in [-0.1, -0.05) is 53.7 Å². The van der Waals surface area contributed by atoms with Crippen LogP contribution in [0.3, 0.4) is 0 Å². The number of thioether (sulfide) groups is 1. The molecule has 0 fully saturated rings. The van der Waals surface area contributed by atoms with Crippen LogP contribution < -0.4 is 5.32 Å².